The molecule has 2 aromatic carbocycles. The van der Waals surface area contributed by atoms with Crippen molar-refractivity contribution < 1.29 is 14.4 Å². The van der Waals surface area contributed by atoms with E-state index in [1.54, 1.807) is 34.6 Å². The number of amides is 4. The first-order valence-corrected chi connectivity index (χ1v) is 19.0. The number of benzene rings is 2. The third-order valence-electron chi connectivity index (χ3n) is 8.55. The third-order valence-corrected chi connectivity index (χ3v) is 10.6. The number of rotatable bonds is 18. The van der Waals surface area contributed by atoms with Crippen LogP contribution in [-0.4, -0.2) is 46.9 Å². The molecule has 0 spiro atoms. The molecule has 0 bridgehead atoms. The lowest BCUT2D eigenvalue weighted by atomic mass is 9.85. The van der Waals surface area contributed by atoms with Crippen molar-refractivity contribution >= 4 is 40.5 Å². The van der Waals surface area contributed by atoms with Crippen LogP contribution in [-0.2, 0) is 30.7 Å². The fraction of sp³-hybridized carbons (Fsp3) is 0.436. The normalized spacial score (nSPS) is 13.1. The molecule has 4 rings (SSSR count). The second-order valence-corrected chi connectivity index (χ2v) is 15.4. The van der Waals surface area contributed by atoms with E-state index in [9.17, 15) is 14.4 Å². The lowest BCUT2D eigenvalue weighted by Gasteiger charge is -2.27. The molecule has 0 aliphatic rings. The minimum Gasteiger partial charge on any atom is -0.335 e. The molecule has 4 amide bonds. The van der Waals surface area contributed by atoms with Crippen molar-refractivity contribution in [3.05, 3.63) is 110 Å². The summed E-state index contributed by atoms with van der Waals surface area (Å²) in [6.45, 7) is 9.01. The molecule has 8 nitrogen and oxygen atoms in total. The summed E-state index contributed by atoms with van der Waals surface area (Å²) in [5, 5.41) is 14.3. The molecule has 3 N–H and O–H groups in total. The lowest BCUT2D eigenvalue weighted by molar-refractivity contribution is -0.122. The molecule has 262 valence electrons. The van der Waals surface area contributed by atoms with E-state index < -0.39 is 6.04 Å². The number of hydrogen-bond donors (Lipinski definition) is 3. The summed E-state index contributed by atoms with van der Waals surface area (Å²) >= 11 is 3.22. The van der Waals surface area contributed by atoms with Crippen LogP contribution in [0.3, 0.4) is 0 Å². The predicted octanol–water partition coefficient (Wildman–Crippen LogP) is 8.20. The highest BCUT2D eigenvalue weighted by atomic mass is 32.1. The summed E-state index contributed by atoms with van der Waals surface area (Å²) in [5.41, 5.74) is 3.16. The van der Waals surface area contributed by atoms with Crippen molar-refractivity contribution in [1.82, 2.24) is 25.8 Å². The Kier molecular flexibility index (Phi) is 14.8. The number of nitrogens with one attached hydrogen (secondary N) is 3. The number of thiazole rings is 1. The summed E-state index contributed by atoms with van der Waals surface area (Å²) in [6.07, 6.45) is 3.20. The van der Waals surface area contributed by atoms with Gasteiger partial charge in [-0.2, -0.15) is 0 Å². The molecule has 49 heavy (non-hydrogen) atoms. The minimum atomic E-state index is -0.615. The van der Waals surface area contributed by atoms with Gasteiger partial charge in [0.2, 0.25) is 0 Å². The quantitative estimate of drug-likeness (QED) is 0.0973. The van der Waals surface area contributed by atoms with E-state index in [1.807, 2.05) is 73.1 Å². The zero-order chi connectivity index (χ0) is 35.2. The molecule has 0 unspecified atom stereocenters. The van der Waals surface area contributed by atoms with Crippen molar-refractivity contribution in [2.75, 3.05) is 7.05 Å². The Bertz CT molecular complexity index is 1570. The van der Waals surface area contributed by atoms with Crippen LogP contribution in [0.25, 0.3) is 0 Å². The van der Waals surface area contributed by atoms with Gasteiger partial charge in [-0.3, -0.25) is 4.79 Å². The maximum atomic E-state index is 14.0. The zero-order valence-electron chi connectivity index (χ0n) is 29.4. The molecule has 4 aromatic rings. The Morgan fingerprint density at radius 1 is 0.816 bits per heavy atom. The summed E-state index contributed by atoms with van der Waals surface area (Å²) < 4.78 is 0. The van der Waals surface area contributed by atoms with E-state index >= 15 is 0 Å². The Labute approximate surface area is 299 Å². The van der Waals surface area contributed by atoms with Crippen LogP contribution in [0.5, 0.6) is 0 Å². The summed E-state index contributed by atoms with van der Waals surface area (Å²) in [5.74, 6) is 0.315. The van der Waals surface area contributed by atoms with Crippen LogP contribution in [0.2, 0.25) is 0 Å². The highest BCUT2D eigenvalue weighted by molar-refractivity contribution is 7.10. The average Bonchev–Trinajstić information content (AvgIpc) is 3.78. The zero-order valence-corrected chi connectivity index (χ0v) is 31.0. The molecule has 0 fully saturated rings. The maximum absolute atomic E-state index is 14.0. The van der Waals surface area contributed by atoms with Crippen LogP contribution < -0.4 is 16.0 Å². The van der Waals surface area contributed by atoms with E-state index in [0.717, 1.165) is 39.5 Å². The number of carbonyl (C=O) groups is 3. The summed E-state index contributed by atoms with van der Waals surface area (Å²) in [4.78, 5) is 47.6. The third kappa shape index (κ3) is 12.7. The van der Waals surface area contributed by atoms with Crippen LogP contribution in [0.4, 0.5) is 9.59 Å². The first kappa shape index (κ1) is 37.8. The second kappa shape index (κ2) is 19.2. The monoisotopic (exact) mass is 701 g/mol. The van der Waals surface area contributed by atoms with E-state index in [1.165, 1.54) is 0 Å². The minimum absolute atomic E-state index is 0.0229. The number of hydrogen-bond acceptors (Lipinski definition) is 6. The maximum Gasteiger partial charge on any atom is 0.318 e. The van der Waals surface area contributed by atoms with Gasteiger partial charge in [-0.05, 0) is 60.1 Å². The number of Topliss-reactive ketones (excluding diaryl/α,β-unsaturated/α-hetero) is 1. The van der Waals surface area contributed by atoms with Gasteiger partial charge in [0.05, 0.1) is 29.8 Å². The molecule has 0 saturated heterocycles. The van der Waals surface area contributed by atoms with Crippen LogP contribution in [0, 0.1) is 11.8 Å². The Morgan fingerprint density at radius 3 is 2.08 bits per heavy atom. The highest BCUT2D eigenvalue weighted by Gasteiger charge is 2.28. The van der Waals surface area contributed by atoms with Gasteiger partial charge >= 0.3 is 12.1 Å². The second-order valence-electron chi connectivity index (χ2n) is 13.5. The largest absolute Gasteiger partial charge is 0.335 e. The number of urea groups is 2. The van der Waals surface area contributed by atoms with Crippen molar-refractivity contribution in [2.45, 2.75) is 90.9 Å². The molecular weight excluding hydrogens is 651 g/mol. The number of thiophene rings is 1. The Hall–Kier alpha value is -4.02. The molecule has 0 aliphatic carbocycles. The molecule has 3 atom stereocenters. The van der Waals surface area contributed by atoms with Crippen molar-refractivity contribution in [3.63, 3.8) is 0 Å². The van der Waals surface area contributed by atoms with Gasteiger partial charge in [-0.25, -0.2) is 14.6 Å². The number of nitrogens with zero attached hydrogens (tertiary/aromatic N) is 2. The first-order valence-electron chi connectivity index (χ1n) is 17.2. The van der Waals surface area contributed by atoms with Gasteiger partial charge in [0, 0.05) is 35.7 Å². The highest BCUT2D eigenvalue weighted by Crippen LogP contribution is 2.23. The Morgan fingerprint density at radius 2 is 1.49 bits per heavy atom. The van der Waals surface area contributed by atoms with Crippen molar-refractivity contribution in [3.8, 4) is 0 Å². The molecule has 0 radical (unpaired) electrons. The van der Waals surface area contributed by atoms with Crippen molar-refractivity contribution in [1.29, 1.82) is 0 Å². The predicted molar refractivity (Wildman–Crippen MR) is 201 cm³/mol. The van der Waals surface area contributed by atoms with Gasteiger partial charge in [-0.15, -0.1) is 22.7 Å². The Balaban J connectivity index is 1.43. The van der Waals surface area contributed by atoms with E-state index in [2.05, 4.69) is 59.0 Å². The summed E-state index contributed by atoms with van der Waals surface area (Å²) in [6, 6.07) is 23.2. The first-order chi connectivity index (χ1) is 23.6. The van der Waals surface area contributed by atoms with Crippen LogP contribution >= 0.6 is 22.7 Å². The average molecular weight is 702 g/mol. The lowest BCUT2D eigenvalue weighted by Crippen LogP contribution is -2.49. The van der Waals surface area contributed by atoms with E-state index in [4.69, 9.17) is 0 Å². The molecular formula is C39H51N5O3S2. The van der Waals surface area contributed by atoms with Gasteiger partial charge in [-0.1, -0.05) is 94.4 Å². The van der Waals surface area contributed by atoms with Gasteiger partial charge in [0.1, 0.15) is 0 Å². The van der Waals surface area contributed by atoms with E-state index in [-0.39, 0.29) is 35.7 Å². The van der Waals surface area contributed by atoms with Gasteiger partial charge in [0.25, 0.3) is 0 Å². The summed E-state index contributed by atoms with van der Waals surface area (Å²) in [7, 11) is 1.74. The molecule has 2 aromatic heterocycles. The number of ketones is 1. The molecule has 10 heteroatoms. The van der Waals surface area contributed by atoms with E-state index in [0.29, 0.717) is 38.3 Å². The SMILES string of the molecule is CC(C)c1nc(CN(C)C(=O)N[C@H](C(=O)C[C@H](CC[C@H](Cc2ccccc2)NC(=O)NCc2cccs2)Cc2ccccc2)C(C)C)cs1. The standard InChI is InChI=1S/C39H51N5O3S2/c1-27(2)36(43-39(47)44(5)25-33-26-49-37(41-33)28(3)4)35(45)23-31(21-29-13-8-6-9-14-29)18-19-32(22-30-15-10-7-11-16-30)42-38(46)40-24-34-17-12-20-48-34/h6-17,20,26-28,31-32,36H,18-19,21-25H2,1-5H3,(H,43,47)(H2,40,42,46)/t31-,32-,36+/m1/s1. The molecule has 2 heterocycles. The number of aromatic nitrogens is 1. The number of carbonyl (C=O) groups excluding carboxylic acids is 3. The fourth-order valence-corrected chi connectivity index (χ4v) is 7.32. The fourth-order valence-electron chi connectivity index (χ4n) is 5.85. The topological polar surface area (TPSA) is 103 Å². The van der Waals surface area contributed by atoms with Gasteiger partial charge < -0.3 is 20.9 Å². The van der Waals surface area contributed by atoms with Gasteiger partial charge in [0.15, 0.2) is 5.78 Å². The smallest absolute Gasteiger partial charge is 0.318 e. The molecule has 0 aliphatic heterocycles. The van der Waals surface area contributed by atoms with Crippen LogP contribution in [0.15, 0.2) is 83.6 Å². The van der Waals surface area contributed by atoms with Crippen LogP contribution in [0.1, 0.15) is 79.6 Å². The molecule has 0 saturated carbocycles. The van der Waals surface area contributed by atoms with Crippen molar-refractivity contribution in [2.24, 2.45) is 11.8 Å².